The summed E-state index contributed by atoms with van der Waals surface area (Å²) in [7, 11) is -3.11. The lowest BCUT2D eigenvalue weighted by Gasteiger charge is -2.32. The molecule has 0 bridgehead atoms. The Kier molecular flexibility index (Phi) is 5.82. The van der Waals surface area contributed by atoms with E-state index in [4.69, 9.17) is 0 Å². The van der Waals surface area contributed by atoms with Gasteiger partial charge in [-0.2, -0.15) is 0 Å². The van der Waals surface area contributed by atoms with Crippen LogP contribution in [0.15, 0.2) is 28.7 Å². The number of rotatable bonds is 5. The minimum atomic E-state index is -3.11. The SMILES string of the molecule is CS(=O)(=O)N1CCCC(CC(CO)c2ccc(Br)cc2)C1. The first-order chi connectivity index (χ1) is 9.90. The summed E-state index contributed by atoms with van der Waals surface area (Å²) < 4.78 is 25.9. The Morgan fingerprint density at radius 3 is 2.62 bits per heavy atom. The zero-order valence-corrected chi connectivity index (χ0v) is 14.6. The molecule has 1 N–H and O–H groups in total. The van der Waals surface area contributed by atoms with Crippen molar-refractivity contribution in [2.45, 2.75) is 25.2 Å². The van der Waals surface area contributed by atoms with E-state index in [1.54, 1.807) is 4.31 Å². The van der Waals surface area contributed by atoms with Crippen molar-refractivity contribution in [3.05, 3.63) is 34.3 Å². The second-order valence-corrected chi connectivity index (χ2v) is 8.69. The van der Waals surface area contributed by atoms with E-state index in [9.17, 15) is 13.5 Å². The average Bonchev–Trinajstić information content (AvgIpc) is 2.45. The quantitative estimate of drug-likeness (QED) is 0.860. The number of hydrogen-bond acceptors (Lipinski definition) is 3. The predicted molar refractivity (Wildman–Crippen MR) is 87.7 cm³/mol. The topological polar surface area (TPSA) is 57.6 Å². The third kappa shape index (κ3) is 4.77. The van der Waals surface area contributed by atoms with Crippen LogP contribution in [0.2, 0.25) is 0 Å². The van der Waals surface area contributed by atoms with Gasteiger partial charge in [0, 0.05) is 30.1 Å². The third-order valence-electron chi connectivity index (χ3n) is 4.13. The standard InChI is InChI=1S/C15H22BrNO3S/c1-21(19,20)17-8-2-3-12(10-17)9-14(11-18)13-4-6-15(16)7-5-13/h4-7,12,14,18H,2-3,8-11H2,1H3. The molecule has 0 radical (unpaired) electrons. The average molecular weight is 376 g/mol. The van der Waals surface area contributed by atoms with E-state index in [1.807, 2.05) is 24.3 Å². The van der Waals surface area contributed by atoms with E-state index >= 15 is 0 Å². The smallest absolute Gasteiger partial charge is 0.211 e. The maximum atomic E-state index is 11.7. The van der Waals surface area contributed by atoms with Crippen molar-refractivity contribution in [3.63, 3.8) is 0 Å². The first-order valence-corrected chi connectivity index (χ1v) is 9.85. The maximum Gasteiger partial charge on any atom is 0.211 e. The Labute approximate surface area is 135 Å². The van der Waals surface area contributed by atoms with Crippen LogP contribution in [0.1, 0.15) is 30.7 Å². The predicted octanol–water partition coefficient (Wildman–Crippen LogP) is 2.59. The molecule has 1 aliphatic heterocycles. The molecular formula is C15H22BrNO3S. The summed E-state index contributed by atoms with van der Waals surface area (Å²) in [5.41, 5.74) is 1.11. The van der Waals surface area contributed by atoms with Crippen molar-refractivity contribution in [3.8, 4) is 0 Å². The second-order valence-electron chi connectivity index (χ2n) is 5.80. The minimum absolute atomic E-state index is 0.0719. The van der Waals surface area contributed by atoms with Crippen LogP contribution in [0.5, 0.6) is 0 Å². The molecule has 21 heavy (non-hydrogen) atoms. The summed E-state index contributed by atoms with van der Waals surface area (Å²) in [5, 5.41) is 9.66. The van der Waals surface area contributed by atoms with E-state index in [0.29, 0.717) is 19.0 Å². The van der Waals surface area contributed by atoms with E-state index < -0.39 is 10.0 Å². The van der Waals surface area contributed by atoms with Crippen molar-refractivity contribution < 1.29 is 13.5 Å². The molecule has 1 aliphatic rings. The summed E-state index contributed by atoms with van der Waals surface area (Å²) in [6.07, 6.45) is 4.02. The molecule has 0 amide bonds. The van der Waals surface area contributed by atoms with Gasteiger partial charge < -0.3 is 5.11 Å². The molecule has 118 valence electrons. The third-order valence-corrected chi connectivity index (χ3v) is 5.93. The van der Waals surface area contributed by atoms with Crippen LogP contribution in [0.4, 0.5) is 0 Å². The van der Waals surface area contributed by atoms with Gasteiger partial charge in [0.15, 0.2) is 0 Å². The number of piperidine rings is 1. The van der Waals surface area contributed by atoms with Crippen LogP contribution in [-0.2, 0) is 10.0 Å². The lowest BCUT2D eigenvalue weighted by Crippen LogP contribution is -2.39. The van der Waals surface area contributed by atoms with Gasteiger partial charge in [0.2, 0.25) is 10.0 Å². The monoisotopic (exact) mass is 375 g/mol. The minimum Gasteiger partial charge on any atom is -0.396 e. The van der Waals surface area contributed by atoms with E-state index in [2.05, 4.69) is 15.9 Å². The van der Waals surface area contributed by atoms with Crippen molar-refractivity contribution >= 4 is 26.0 Å². The van der Waals surface area contributed by atoms with Gasteiger partial charge in [-0.25, -0.2) is 12.7 Å². The summed E-state index contributed by atoms with van der Waals surface area (Å²) in [6, 6.07) is 7.98. The van der Waals surface area contributed by atoms with Crippen molar-refractivity contribution in [1.82, 2.24) is 4.31 Å². The molecule has 1 heterocycles. The molecule has 0 aromatic heterocycles. The first-order valence-electron chi connectivity index (χ1n) is 7.21. The van der Waals surface area contributed by atoms with Crippen LogP contribution in [-0.4, -0.2) is 43.8 Å². The van der Waals surface area contributed by atoms with Gasteiger partial charge in [0.1, 0.15) is 0 Å². The Bertz CT molecular complexity index is 559. The summed E-state index contributed by atoms with van der Waals surface area (Å²) in [6.45, 7) is 1.29. The molecule has 1 aromatic rings. The molecule has 1 aromatic carbocycles. The number of aliphatic hydroxyl groups excluding tert-OH is 1. The summed E-state index contributed by atoms with van der Waals surface area (Å²) in [4.78, 5) is 0. The van der Waals surface area contributed by atoms with E-state index in [0.717, 1.165) is 29.3 Å². The van der Waals surface area contributed by atoms with Crippen LogP contribution in [0.3, 0.4) is 0 Å². The number of nitrogens with zero attached hydrogens (tertiary/aromatic N) is 1. The molecule has 0 saturated carbocycles. The maximum absolute atomic E-state index is 11.7. The van der Waals surface area contributed by atoms with E-state index in [1.165, 1.54) is 6.26 Å². The van der Waals surface area contributed by atoms with Gasteiger partial charge in [-0.15, -0.1) is 0 Å². The number of sulfonamides is 1. The second kappa shape index (κ2) is 7.22. The van der Waals surface area contributed by atoms with Crippen LogP contribution in [0.25, 0.3) is 0 Å². The molecule has 2 atom stereocenters. The fourth-order valence-corrected chi connectivity index (χ4v) is 4.18. The Morgan fingerprint density at radius 2 is 2.05 bits per heavy atom. The van der Waals surface area contributed by atoms with Gasteiger partial charge in [-0.1, -0.05) is 28.1 Å². The number of hydrogen-bond donors (Lipinski definition) is 1. The normalized spacial score (nSPS) is 22.1. The lowest BCUT2D eigenvalue weighted by atomic mass is 9.85. The fraction of sp³-hybridized carbons (Fsp3) is 0.600. The fourth-order valence-electron chi connectivity index (χ4n) is 2.97. The highest BCUT2D eigenvalue weighted by molar-refractivity contribution is 9.10. The molecular weight excluding hydrogens is 354 g/mol. The Hall–Kier alpha value is -0.430. The number of halogens is 1. The zero-order chi connectivity index (χ0) is 15.5. The van der Waals surface area contributed by atoms with Crippen LogP contribution >= 0.6 is 15.9 Å². The molecule has 1 saturated heterocycles. The molecule has 1 fully saturated rings. The van der Waals surface area contributed by atoms with Crippen molar-refractivity contribution in [1.29, 1.82) is 0 Å². The molecule has 4 nitrogen and oxygen atoms in total. The molecule has 2 rings (SSSR count). The molecule has 0 spiro atoms. The summed E-state index contributed by atoms with van der Waals surface area (Å²) >= 11 is 3.41. The highest BCUT2D eigenvalue weighted by Gasteiger charge is 2.27. The zero-order valence-electron chi connectivity index (χ0n) is 12.2. The lowest BCUT2D eigenvalue weighted by molar-refractivity contribution is 0.206. The largest absolute Gasteiger partial charge is 0.396 e. The van der Waals surface area contributed by atoms with E-state index in [-0.39, 0.29) is 12.5 Å². The van der Waals surface area contributed by atoms with Gasteiger partial charge in [-0.3, -0.25) is 0 Å². The van der Waals surface area contributed by atoms with Gasteiger partial charge >= 0.3 is 0 Å². The van der Waals surface area contributed by atoms with Crippen LogP contribution in [0, 0.1) is 5.92 Å². The first kappa shape index (κ1) is 16.9. The Balaban J connectivity index is 2.03. The van der Waals surface area contributed by atoms with Gasteiger partial charge in [0.25, 0.3) is 0 Å². The Morgan fingerprint density at radius 1 is 1.38 bits per heavy atom. The summed E-state index contributed by atoms with van der Waals surface area (Å²) in [5.74, 6) is 0.386. The number of benzene rings is 1. The van der Waals surface area contributed by atoms with Crippen LogP contribution < -0.4 is 0 Å². The van der Waals surface area contributed by atoms with Crippen molar-refractivity contribution in [2.24, 2.45) is 5.92 Å². The number of aliphatic hydroxyl groups is 1. The highest BCUT2D eigenvalue weighted by atomic mass is 79.9. The van der Waals surface area contributed by atoms with Gasteiger partial charge in [-0.05, 0) is 42.9 Å². The van der Waals surface area contributed by atoms with Gasteiger partial charge in [0.05, 0.1) is 6.26 Å². The highest BCUT2D eigenvalue weighted by Crippen LogP contribution is 2.30. The molecule has 0 aliphatic carbocycles. The van der Waals surface area contributed by atoms with Crippen molar-refractivity contribution in [2.75, 3.05) is 26.0 Å². The molecule has 6 heteroatoms. The molecule has 2 unspecified atom stereocenters.